The fourth-order valence-corrected chi connectivity index (χ4v) is 4.56. The Labute approximate surface area is 137 Å². The van der Waals surface area contributed by atoms with E-state index in [1.165, 1.54) is 0 Å². The van der Waals surface area contributed by atoms with Crippen molar-refractivity contribution in [2.24, 2.45) is 0 Å². The smallest absolute Gasteiger partial charge is 0.315 e. The van der Waals surface area contributed by atoms with E-state index in [1.807, 2.05) is 19.6 Å². The van der Waals surface area contributed by atoms with Crippen LogP contribution in [0.3, 0.4) is 0 Å². The van der Waals surface area contributed by atoms with Gasteiger partial charge in [0.1, 0.15) is 6.04 Å². The first-order valence-corrected chi connectivity index (χ1v) is 15.1. The van der Waals surface area contributed by atoms with Crippen molar-refractivity contribution in [2.45, 2.75) is 57.8 Å². The molecule has 0 unspecified atom stereocenters. The van der Waals surface area contributed by atoms with Gasteiger partial charge in [0.25, 0.3) is 0 Å². The first-order valence-electron chi connectivity index (χ1n) is 7.19. The van der Waals surface area contributed by atoms with Crippen molar-refractivity contribution < 1.29 is 18.4 Å². The third-order valence-corrected chi connectivity index (χ3v) is 5.23. The first-order chi connectivity index (χ1) is 9.43. The van der Waals surface area contributed by atoms with Crippen molar-refractivity contribution in [1.82, 2.24) is 4.90 Å². The normalized spacial score (nSPS) is 23.3. The molecule has 0 aromatic heterocycles. The molecule has 1 aliphatic heterocycles. The Kier molecular flexibility index (Phi) is 6.22. The van der Waals surface area contributed by atoms with Gasteiger partial charge in [0.05, 0.1) is 11.4 Å². The number of nitrogens with zero attached hydrogens (tertiary/aromatic N) is 1. The summed E-state index contributed by atoms with van der Waals surface area (Å²) in [5.41, 5.74) is 0. The standard InChI is InChI=1S/C13H26BrNO4Si2/c1-20(2,3)18-10-7-11(13(17)19-21(4,5)6)15(9-10)12(16)8-14/h10-11H,7-9H2,1-6H3/t10-,11-/m1/s1. The second-order valence-corrected chi connectivity index (χ2v) is 16.8. The van der Waals surface area contributed by atoms with Gasteiger partial charge >= 0.3 is 5.97 Å². The van der Waals surface area contributed by atoms with E-state index in [4.69, 9.17) is 8.85 Å². The molecule has 1 amide bonds. The lowest BCUT2D eigenvalue weighted by atomic mass is 10.2. The highest BCUT2D eigenvalue weighted by Crippen LogP contribution is 2.25. The molecule has 1 fully saturated rings. The van der Waals surface area contributed by atoms with Crippen LogP contribution in [0.2, 0.25) is 39.3 Å². The maximum absolute atomic E-state index is 12.4. The van der Waals surface area contributed by atoms with E-state index in [0.29, 0.717) is 13.0 Å². The first kappa shape index (κ1) is 18.9. The van der Waals surface area contributed by atoms with E-state index in [9.17, 15) is 9.59 Å². The summed E-state index contributed by atoms with van der Waals surface area (Å²) in [5.74, 6) is -0.376. The zero-order chi connectivity index (χ0) is 16.4. The third-order valence-electron chi connectivity index (χ3n) is 2.90. The molecule has 0 aromatic carbocycles. The van der Waals surface area contributed by atoms with Crippen LogP contribution in [-0.2, 0) is 18.4 Å². The Bertz CT molecular complexity index is 406. The highest BCUT2D eigenvalue weighted by atomic mass is 79.9. The average molecular weight is 396 g/mol. The lowest BCUT2D eigenvalue weighted by Crippen LogP contribution is -2.45. The minimum Gasteiger partial charge on any atom is -0.518 e. The van der Waals surface area contributed by atoms with Crippen LogP contribution in [0.4, 0.5) is 0 Å². The molecule has 122 valence electrons. The summed E-state index contributed by atoms with van der Waals surface area (Å²) in [7, 11) is -3.66. The van der Waals surface area contributed by atoms with Crippen LogP contribution in [0.1, 0.15) is 6.42 Å². The van der Waals surface area contributed by atoms with Gasteiger partial charge in [-0.2, -0.15) is 0 Å². The molecule has 0 N–H and O–H groups in total. The molecule has 1 aliphatic rings. The summed E-state index contributed by atoms with van der Waals surface area (Å²) in [6.07, 6.45) is 0.464. The highest BCUT2D eigenvalue weighted by Gasteiger charge is 2.42. The van der Waals surface area contributed by atoms with Gasteiger partial charge in [0.2, 0.25) is 14.2 Å². The number of alkyl halides is 1. The Morgan fingerprint density at radius 3 is 2.14 bits per heavy atom. The summed E-state index contributed by atoms with van der Waals surface area (Å²) >= 11 is 3.18. The van der Waals surface area contributed by atoms with Crippen LogP contribution in [0.25, 0.3) is 0 Å². The van der Waals surface area contributed by atoms with Crippen LogP contribution in [0, 0.1) is 0 Å². The molecule has 0 saturated carbocycles. The molecule has 5 nitrogen and oxygen atoms in total. The van der Waals surface area contributed by atoms with Gasteiger partial charge in [-0.3, -0.25) is 9.59 Å². The molecule has 0 aromatic rings. The molecule has 2 atom stereocenters. The van der Waals surface area contributed by atoms with E-state index in [1.54, 1.807) is 4.90 Å². The predicted molar refractivity (Wildman–Crippen MR) is 91.6 cm³/mol. The quantitative estimate of drug-likeness (QED) is 0.530. The van der Waals surface area contributed by atoms with Crippen molar-refractivity contribution in [3.05, 3.63) is 0 Å². The molecule has 8 heteroatoms. The third kappa shape index (κ3) is 6.21. The van der Waals surface area contributed by atoms with Crippen LogP contribution in [0.5, 0.6) is 0 Å². The number of hydrogen-bond acceptors (Lipinski definition) is 4. The monoisotopic (exact) mass is 395 g/mol. The van der Waals surface area contributed by atoms with E-state index in [0.717, 1.165) is 0 Å². The van der Waals surface area contributed by atoms with Gasteiger partial charge in [0.15, 0.2) is 8.32 Å². The number of rotatable bonds is 5. The van der Waals surface area contributed by atoms with Crippen molar-refractivity contribution in [3.8, 4) is 0 Å². The fraction of sp³-hybridized carbons (Fsp3) is 0.846. The maximum atomic E-state index is 12.4. The zero-order valence-corrected chi connectivity index (χ0v) is 17.3. The van der Waals surface area contributed by atoms with Crippen molar-refractivity contribution in [1.29, 1.82) is 0 Å². The molecule has 1 saturated heterocycles. The number of carbonyl (C=O) groups is 2. The van der Waals surface area contributed by atoms with Crippen LogP contribution >= 0.6 is 15.9 Å². The molecule has 0 radical (unpaired) electrons. The number of halogens is 1. The maximum Gasteiger partial charge on any atom is 0.315 e. The lowest BCUT2D eigenvalue weighted by molar-refractivity contribution is -0.145. The van der Waals surface area contributed by atoms with Gasteiger partial charge in [-0.05, 0) is 39.3 Å². The zero-order valence-electron chi connectivity index (χ0n) is 13.7. The highest BCUT2D eigenvalue weighted by molar-refractivity contribution is 9.09. The molecular formula is C13H26BrNO4Si2. The molecule has 1 rings (SSSR count). The minimum absolute atomic E-state index is 0.0705. The minimum atomic E-state index is -1.96. The van der Waals surface area contributed by atoms with Crippen molar-refractivity contribution >= 4 is 44.4 Å². The van der Waals surface area contributed by atoms with Crippen LogP contribution in [0.15, 0.2) is 0 Å². The SMILES string of the molecule is C[Si](C)(C)OC(=O)[C@H]1C[C@@H](O[Si](C)(C)C)CN1C(=O)CBr. The van der Waals surface area contributed by atoms with Crippen LogP contribution in [-0.4, -0.2) is 57.4 Å². The Balaban J connectivity index is 2.83. The summed E-state index contributed by atoms with van der Waals surface area (Å²) in [6, 6.07) is -0.511. The lowest BCUT2D eigenvalue weighted by Gasteiger charge is -2.26. The molecule has 0 aliphatic carbocycles. The topological polar surface area (TPSA) is 55.8 Å². The summed E-state index contributed by atoms with van der Waals surface area (Å²) < 4.78 is 11.6. The Morgan fingerprint density at radius 2 is 1.71 bits per heavy atom. The Morgan fingerprint density at radius 1 is 1.14 bits per heavy atom. The van der Waals surface area contributed by atoms with E-state index < -0.39 is 22.7 Å². The second kappa shape index (κ2) is 6.93. The fourth-order valence-electron chi connectivity index (χ4n) is 2.33. The molecule has 1 heterocycles. The Hall–Kier alpha value is -0.186. The molecule has 0 bridgehead atoms. The van der Waals surface area contributed by atoms with Crippen molar-refractivity contribution in [2.75, 3.05) is 11.9 Å². The molecular weight excluding hydrogens is 370 g/mol. The van der Waals surface area contributed by atoms with E-state index >= 15 is 0 Å². The van der Waals surface area contributed by atoms with Crippen LogP contribution < -0.4 is 0 Å². The van der Waals surface area contributed by atoms with Gasteiger partial charge < -0.3 is 13.8 Å². The molecule has 0 spiro atoms. The summed E-state index contributed by atoms with van der Waals surface area (Å²) in [5, 5.41) is 0.212. The van der Waals surface area contributed by atoms with Gasteiger partial charge in [0, 0.05) is 13.0 Å². The van der Waals surface area contributed by atoms with E-state index in [2.05, 4.69) is 35.6 Å². The summed E-state index contributed by atoms with van der Waals surface area (Å²) in [6.45, 7) is 12.7. The van der Waals surface area contributed by atoms with Gasteiger partial charge in [-0.1, -0.05) is 15.9 Å². The van der Waals surface area contributed by atoms with Gasteiger partial charge in [-0.25, -0.2) is 0 Å². The summed E-state index contributed by atoms with van der Waals surface area (Å²) in [4.78, 5) is 26.0. The average Bonchev–Trinajstić information content (AvgIpc) is 2.67. The largest absolute Gasteiger partial charge is 0.518 e. The number of carbonyl (C=O) groups excluding carboxylic acids is 2. The van der Waals surface area contributed by atoms with Gasteiger partial charge in [-0.15, -0.1) is 0 Å². The number of hydrogen-bond donors (Lipinski definition) is 0. The predicted octanol–water partition coefficient (Wildman–Crippen LogP) is 2.58. The van der Waals surface area contributed by atoms with E-state index in [-0.39, 0.29) is 23.3 Å². The number of amides is 1. The molecule has 21 heavy (non-hydrogen) atoms. The van der Waals surface area contributed by atoms with Crippen molar-refractivity contribution in [3.63, 3.8) is 0 Å². The second-order valence-electron chi connectivity index (χ2n) is 7.32. The number of likely N-dealkylation sites (tertiary alicyclic amines) is 1.